The van der Waals surface area contributed by atoms with E-state index in [1.165, 1.54) is 5.01 Å². The zero-order chi connectivity index (χ0) is 22.8. The number of hydrazine groups is 1. The Kier molecular flexibility index (Phi) is 5.43. The minimum atomic E-state index is -0.234. The maximum atomic E-state index is 13.1. The number of aryl methyl sites for hydroxylation is 1. The molecule has 0 spiro atoms. The Hall–Kier alpha value is -4.28. The van der Waals surface area contributed by atoms with Crippen LogP contribution in [0.4, 0.5) is 11.6 Å². The third-order valence-corrected chi connectivity index (χ3v) is 5.64. The summed E-state index contributed by atoms with van der Waals surface area (Å²) >= 11 is 0. The highest BCUT2D eigenvalue weighted by Gasteiger charge is 2.31. The number of piperazine rings is 1. The molecule has 33 heavy (non-hydrogen) atoms. The second-order valence-corrected chi connectivity index (χ2v) is 7.85. The van der Waals surface area contributed by atoms with Crippen molar-refractivity contribution in [3.05, 3.63) is 60.2 Å². The van der Waals surface area contributed by atoms with Gasteiger partial charge in [-0.05, 0) is 41.6 Å². The fourth-order valence-electron chi connectivity index (χ4n) is 3.81. The zero-order valence-electron chi connectivity index (χ0n) is 18.1. The highest BCUT2D eigenvalue weighted by molar-refractivity contribution is 6.39. The molecule has 11 heteroatoms. The summed E-state index contributed by atoms with van der Waals surface area (Å²) in [5, 5.41) is 13.5. The molecule has 0 aliphatic carbocycles. The monoisotopic (exact) mass is 445 g/mol. The van der Waals surface area contributed by atoms with Crippen molar-refractivity contribution in [1.82, 2.24) is 30.5 Å². The van der Waals surface area contributed by atoms with Crippen LogP contribution in [0.2, 0.25) is 0 Å². The third kappa shape index (κ3) is 4.12. The molecule has 5 rings (SSSR count). The van der Waals surface area contributed by atoms with Crippen molar-refractivity contribution in [2.75, 3.05) is 42.6 Å². The summed E-state index contributed by atoms with van der Waals surface area (Å²) in [6, 6.07) is 17.2. The molecule has 11 nitrogen and oxygen atoms in total. The molecule has 0 bridgehead atoms. The zero-order valence-corrected chi connectivity index (χ0v) is 18.1. The number of nitrogens with one attached hydrogen (secondary N) is 1. The standard InChI is InChI=1S/C22H23N9O2/c1-16-7-9-18(10-8-16)30-19(32)15-23-20(25-30)21(33)28-11-13-29(14-12-28)22-24-26-27-31(22)17-5-3-2-4-6-17/h2-10H,11-15H2,1H3,(H,23,25). The minimum absolute atomic E-state index is 0.0756. The molecule has 168 valence electrons. The first-order chi connectivity index (χ1) is 16.1. The summed E-state index contributed by atoms with van der Waals surface area (Å²) < 4.78 is 1.69. The smallest absolute Gasteiger partial charge is 0.290 e. The van der Waals surface area contributed by atoms with Crippen LogP contribution in [0.1, 0.15) is 5.56 Å². The van der Waals surface area contributed by atoms with E-state index in [0.29, 0.717) is 37.8 Å². The molecule has 0 atom stereocenters. The second kappa shape index (κ2) is 8.69. The van der Waals surface area contributed by atoms with Gasteiger partial charge in [-0.25, -0.2) is 5.01 Å². The molecule has 1 saturated heterocycles. The van der Waals surface area contributed by atoms with Gasteiger partial charge in [-0.1, -0.05) is 41.0 Å². The molecule has 2 amide bonds. The van der Waals surface area contributed by atoms with E-state index in [-0.39, 0.29) is 24.2 Å². The van der Waals surface area contributed by atoms with Crippen LogP contribution < -0.4 is 15.3 Å². The molecular weight excluding hydrogens is 422 g/mol. The molecule has 0 saturated carbocycles. The second-order valence-electron chi connectivity index (χ2n) is 7.85. The molecule has 2 aliphatic rings. The predicted molar refractivity (Wildman–Crippen MR) is 122 cm³/mol. The first-order valence-corrected chi connectivity index (χ1v) is 10.7. The molecule has 1 aromatic heterocycles. The van der Waals surface area contributed by atoms with Crippen molar-refractivity contribution in [2.45, 2.75) is 6.92 Å². The van der Waals surface area contributed by atoms with E-state index in [9.17, 15) is 9.59 Å². The average molecular weight is 445 g/mol. The summed E-state index contributed by atoms with van der Waals surface area (Å²) in [7, 11) is 0. The Morgan fingerprint density at radius 3 is 2.39 bits per heavy atom. The topological polar surface area (TPSA) is 112 Å². The number of carbonyl (C=O) groups is 2. The van der Waals surface area contributed by atoms with Crippen LogP contribution in [0, 0.1) is 6.92 Å². The van der Waals surface area contributed by atoms with Crippen LogP contribution >= 0.6 is 0 Å². The van der Waals surface area contributed by atoms with E-state index in [1.807, 2.05) is 61.5 Å². The normalized spacial score (nSPS) is 16.5. The van der Waals surface area contributed by atoms with Crippen molar-refractivity contribution >= 4 is 29.3 Å². The lowest BCUT2D eigenvalue weighted by atomic mass is 10.2. The number of amidine groups is 1. The Labute approximate surface area is 190 Å². The quantitative estimate of drug-likeness (QED) is 0.625. The maximum Gasteiger partial charge on any atom is 0.290 e. The number of tetrazole rings is 1. The van der Waals surface area contributed by atoms with Gasteiger partial charge in [0.2, 0.25) is 11.8 Å². The van der Waals surface area contributed by atoms with Gasteiger partial charge in [0.25, 0.3) is 11.8 Å². The van der Waals surface area contributed by atoms with E-state index < -0.39 is 0 Å². The van der Waals surface area contributed by atoms with E-state index in [1.54, 1.807) is 9.58 Å². The number of para-hydroxylation sites is 1. The van der Waals surface area contributed by atoms with Crippen molar-refractivity contribution in [3.8, 4) is 5.69 Å². The number of amides is 2. The highest BCUT2D eigenvalue weighted by atomic mass is 16.2. The van der Waals surface area contributed by atoms with Crippen LogP contribution in [-0.4, -0.2) is 75.5 Å². The number of aromatic nitrogens is 4. The molecule has 2 aliphatic heterocycles. The lowest BCUT2D eigenvalue weighted by Gasteiger charge is -2.36. The first kappa shape index (κ1) is 20.6. The van der Waals surface area contributed by atoms with Gasteiger partial charge >= 0.3 is 0 Å². The highest BCUT2D eigenvalue weighted by Crippen LogP contribution is 2.18. The average Bonchev–Trinajstić information content (AvgIpc) is 3.35. The Morgan fingerprint density at radius 2 is 1.67 bits per heavy atom. The van der Waals surface area contributed by atoms with E-state index >= 15 is 0 Å². The molecule has 3 heterocycles. The van der Waals surface area contributed by atoms with E-state index in [2.05, 4.69) is 30.8 Å². The van der Waals surface area contributed by atoms with Gasteiger partial charge in [0.05, 0.1) is 11.4 Å². The summed E-state index contributed by atoms with van der Waals surface area (Å²) in [6.45, 7) is 4.02. The molecule has 0 unspecified atom stereocenters. The lowest BCUT2D eigenvalue weighted by molar-refractivity contribution is -0.124. The molecule has 1 N–H and O–H groups in total. The SMILES string of the molecule is Cc1ccc(N2NC(C(=O)N3CCN(c4nnnn4-c4ccccc4)CC3)=NCC2=O)cc1. The van der Waals surface area contributed by atoms with Gasteiger partial charge in [-0.15, -0.1) is 0 Å². The Bertz CT molecular complexity index is 1180. The van der Waals surface area contributed by atoms with Gasteiger partial charge < -0.3 is 9.80 Å². The number of anilines is 2. The number of aliphatic imine (C=N–C) groups is 1. The minimum Gasteiger partial charge on any atom is -0.336 e. The number of hydrogen-bond acceptors (Lipinski definition) is 8. The Morgan fingerprint density at radius 1 is 0.939 bits per heavy atom. The van der Waals surface area contributed by atoms with Gasteiger partial charge in [-0.2, -0.15) is 4.68 Å². The summed E-state index contributed by atoms with van der Waals surface area (Å²) in [6.07, 6.45) is 0. The van der Waals surface area contributed by atoms with Crippen LogP contribution in [0.25, 0.3) is 5.69 Å². The maximum absolute atomic E-state index is 13.1. The van der Waals surface area contributed by atoms with Crippen molar-refractivity contribution in [1.29, 1.82) is 0 Å². The van der Waals surface area contributed by atoms with Crippen molar-refractivity contribution < 1.29 is 9.59 Å². The number of benzene rings is 2. The van der Waals surface area contributed by atoms with Gasteiger partial charge in [-0.3, -0.25) is 20.0 Å². The fourth-order valence-corrected chi connectivity index (χ4v) is 3.81. The van der Waals surface area contributed by atoms with Crippen LogP contribution in [0.5, 0.6) is 0 Å². The molecular formula is C22H23N9O2. The van der Waals surface area contributed by atoms with E-state index in [0.717, 1.165) is 11.3 Å². The number of carbonyl (C=O) groups excluding carboxylic acids is 2. The third-order valence-electron chi connectivity index (χ3n) is 5.64. The van der Waals surface area contributed by atoms with Crippen LogP contribution in [-0.2, 0) is 9.59 Å². The number of nitrogens with zero attached hydrogens (tertiary/aromatic N) is 8. The molecule has 2 aromatic carbocycles. The predicted octanol–water partition coefficient (Wildman–Crippen LogP) is 0.569. The van der Waals surface area contributed by atoms with Crippen molar-refractivity contribution in [3.63, 3.8) is 0 Å². The first-order valence-electron chi connectivity index (χ1n) is 10.7. The summed E-state index contributed by atoms with van der Waals surface area (Å²) in [5.74, 6) is 0.352. The van der Waals surface area contributed by atoms with Gasteiger partial charge in [0, 0.05) is 26.2 Å². The van der Waals surface area contributed by atoms with E-state index in [4.69, 9.17) is 0 Å². The number of hydrogen-bond donors (Lipinski definition) is 1. The van der Waals surface area contributed by atoms with Gasteiger partial charge in [0.15, 0.2) is 0 Å². The van der Waals surface area contributed by atoms with Crippen molar-refractivity contribution in [2.24, 2.45) is 4.99 Å². The molecule has 0 radical (unpaired) electrons. The van der Waals surface area contributed by atoms with Crippen LogP contribution in [0.3, 0.4) is 0 Å². The number of rotatable bonds is 4. The Balaban J connectivity index is 1.25. The molecule has 1 fully saturated rings. The van der Waals surface area contributed by atoms with Crippen LogP contribution in [0.15, 0.2) is 59.6 Å². The largest absolute Gasteiger partial charge is 0.336 e. The molecule has 3 aromatic rings. The summed E-state index contributed by atoms with van der Waals surface area (Å²) in [5.41, 5.74) is 5.53. The summed E-state index contributed by atoms with van der Waals surface area (Å²) in [4.78, 5) is 33.4. The lowest BCUT2D eigenvalue weighted by Crippen LogP contribution is -2.59. The van der Waals surface area contributed by atoms with Gasteiger partial charge in [0.1, 0.15) is 6.54 Å². The fraction of sp³-hybridized carbons (Fsp3) is 0.273.